The summed E-state index contributed by atoms with van der Waals surface area (Å²) in [6.07, 6.45) is 3.68. The molecular formula is C21H19ClFNO2S. The van der Waals surface area contributed by atoms with Crippen LogP contribution >= 0.6 is 12.4 Å². The zero-order valence-electron chi connectivity index (χ0n) is 14.4. The normalized spacial score (nSPS) is 11.3. The molecule has 0 saturated heterocycles. The summed E-state index contributed by atoms with van der Waals surface area (Å²) >= 11 is 0. The van der Waals surface area contributed by atoms with Crippen LogP contribution in [0.5, 0.6) is 0 Å². The smallest absolute Gasteiger partial charge is 0.206 e. The Balaban J connectivity index is 0.00000261. The monoisotopic (exact) mass is 403 g/mol. The minimum atomic E-state index is -3.62. The van der Waals surface area contributed by atoms with Crippen molar-refractivity contribution in [3.63, 3.8) is 0 Å². The second kappa shape index (κ2) is 8.95. The molecule has 0 amide bonds. The Morgan fingerprint density at radius 1 is 0.815 bits per heavy atom. The van der Waals surface area contributed by atoms with Gasteiger partial charge in [-0.05, 0) is 47.0 Å². The van der Waals surface area contributed by atoms with Crippen LogP contribution in [0.3, 0.4) is 0 Å². The molecule has 3 nitrogen and oxygen atoms in total. The Labute approximate surface area is 164 Å². The summed E-state index contributed by atoms with van der Waals surface area (Å²) in [6.45, 7) is 0.161. The highest BCUT2D eigenvalue weighted by Gasteiger charge is 2.20. The Hall–Kier alpha value is -2.47. The molecule has 0 bridgehead atoms. The van der Waals surface area contributed by atoms with E-state index in [1.54, 1.807) is 60.7 Å². The summed E-state index contributed by atoms with van der Waals surface area (Å²) in [6, 6.07) is 19.5. The molecule has 0 radical (unpaired) electrons. The number of nitrogens with two attached hydrogens (primary N) is 1. The van der Waals surface area contributed by atoms with Gasteiger partial charge in [-0.25, -0.2) is 12.8 Å². The predicted molar refractivity (Wildman–Crippen MR) is 109 cm³/mol. The van der Waals surface area contributed by atoms with Gasteiger partial charge in [0.2, 0.25) is 9.84 Å². The Morgan fingerprint density at radius 2 is 1.33 bits per heavy atom. The lowest BCUT2D eigenvalue weighted by Crippen LogP contribution is -2.08. The zero-order valence-corrected chi connectivity index (χ0v) is 16.0. The van der Waals surface area contributed by atoms with Crippen molar-refractivity contribution in [2.45, 2.75) is 16.3 Å². The summed E-state index contributed by atoms with van der Waals surface area (Å²) < 4.78 is 38.6. The van der Waals surface area contributed by atoms with Gasteiger partial charge < -0.3 is 5.73 Å². The molecule has 0 saturated carbocycles. The summed E-state index contributed by atoms with van der Waals surface area (Å²) in [5.74, 6) is -0.283. The Bertz CT molecular complexity index is 1030. The molecule has 0 aliphatic rings. The lowest BCUT2D eigenvalue weighted by Gasteiger charge is -2.09. The van der Waals surface area contributed by atoms with Crippen LogP contribution in [0.1, 0.15) is 16.7 Å². The average molecular weight is 404 g/mol. The summed E-state index contributed by atoms with van der Waals surface area (Å²) in [5.41, 5.74) is 7.96. The molecule has 0 atom stereocenters. The van der Waals surface area contributed by atoms with Crippen molar-refractivity contribution < 1.29 is 12.8 Å². The van der Waals surface area contributed by atoms with E-state index in [4.69, 9.17) is 5.73 Å². The van der Waals surface area contributed by atoms with Crippen LogP contribution in [0, 0.1) is 5.82 Å². The lowest BCUT2D eigenvalue weighted by molar-refractivity contribution is 0.595. The van der Waals surface area contributed by atoms with Gasteiger partial charge in [0.15, 0.2) is 0 Å². The molecule has 6 heteroatoms. The molecule has 0 aromatic heterocycles. The van der Waals surface area contributed by atoms with Gasteiger partial charge in [-0.15, -0.1) is 12.4 Å². The standard InChI is InChI=1S/C21H18FNO2S.ClH/c22-19-11-7-16(8-12-19)5-6-17-9-13-20(14-10-17)26(24,25)21-4-2-1-3-18(21)15-23;/h1-14H,15,23H2;1H/b6-5+;. The first-order chi connectivity index (χ1) is 12.5. The van der Waals surface area contributed by atoms with E-state index in [0.717, 1.165) is 11.1 Å². The van der Waals surface area contributed by atoms with Crippen LogP contribution in [0.15, 0.2) is 82.6 Å². The van der Waals surface area contributed by atoms with Gasteiger partial charge >= 0.3 is 0 Å². The van der Waals surface area contributed by atoms with Crippen molar-refractivity contribution in [2.24, 2.45) is 5.73 Å². The zero-order chi connectivity index (χ0) is 18.6. The number of halogens is 2. The van der Waals surface area contributed by atoms with E-state index in [1.165, 1.54) is 12.1 Å². The number of hydrogen-bond acceptors (Lipinski definition) is 3. The largest absolute Gasteiger partial charge is 0.326 e. The fourth-order valence-corrected chi connectivity index (χ4v) is 4.09. The molecule has 2 N–H and O–H groups in total. The van der Waals surface area contributed by atoms with Gasteiger partial charge in [-0.3, -0.25) is 0 Å². The van der Waals surface area contributed by atoms with Crippen molar-refractivity contribution in [1.82, 2.24) is 0 Å². The molecule has 0 heterocycles. The molecule has 140 valence electrons. The maximum absolute atomic E-state index is 12.9. The molecule has 0 aliphatic heterocycles. The van der Waals surface area contributed by atoms with E-state index in [2.05, 4.69) is 0 Å². The molecule has 3 rings (SSSR count). The van der Waals surface area contributed by atoms with Gasteiger partial charge in [0.25, 0.3) is 0 Å². The molecule has 27 heavy (non-hydrogen) atoms. The van der Waals surface area contributed by atoms with Crippen LogP contribution in [-0.2, 0) is 16.4 Å². The molecule has 0 aliphatic carbocycles. The molecule has 3 aromatic carbocycles. The first-order valence-corrected chi connectivity index (χ1v) is 9.56. The van der Waals surface area contributed by atoms with E-state index in [-0.39, 0.29) is 34.6 Å². The van der Waals surface area contributed by atoms with Crippen molar-refractivity contribution in [1.29, 1.82) is 0 Å². The third kappa shape index (κ3) is 4.83. The SMILES string of the molecule is Cl.NCc1ccccc1S(=O)(=O)c1ccc(/C=C/c2ccc(F)cc2)cc1. The van der Waals surface area contributed by atoms with Crippen LogP contribution < -0.4 is 5.73 Å². The third-order valence-corrected chi connectivity index (χ3v) is 5.88. The molecule has 0 spiro atoms. The minimum absolute atomic E-state index is 0. The minimum Gasteiger partial charge on any atom is -0.326 e. The van der Waals surface area contributed by atoms with E-state index in [9.17, 15) is 12.8 Å². The van der Waals surface area contributed by atoms with Crippen LogP contribution in [0.4, 0.5) is 4.39 Å². The van der Waals surface area contributed by atoms with E-state index in [1.807, 2.05) is 12.2 Å². The van der Waals surface area contributed by atoms with Crippen molar-refractivity contribution in [3.8, 4) is 0 Å². The van der Waals surface area contributed by atoms with E-state index < -0.39 is 9.84 Å². The fraction of sp³-hybridized carbons (Fsp3) is 0.0476. The second-order valence-corrected chi connectivity index (χ2v) is 7.69. The molecule has 3 aromatic rings. The van der Waals surface area contributed by atoms with Crippen LogP contribution in [-0.4, -0.2) is 8.42 Å². The van der Waals surface area contributed by atoms with Crippen LogP contribution in [0.2, 0.25) is 0 Å². The number of rotatable bonds is 5. The first kappa shape index (κ1) is 20.8. The third-order valence-electron chi connectivity index (χ3n) is 4.01. The summed E-state index contributed by atoms with van der Waals surface area (Å²) in [7, 11) is -3.62. The van der Waals surface area contributed by atoms with Crippen molar-refractivity contribution in [3.05, 3.63) is 95.3 Å². The van der Waals surface area contributed by atoms with Crippen molar-refractivity contribution in [2.75, 3.05) is 0 Å². The van der Waals surface area contributed by atoms with Gasteiger partial charge in [0.1, 0.15) is 5.82 Å². The van der Waals surface area contributed by atoms with Gasteiger partial charge in [-0.2, -0.15) is 0 Å². The number of benzene rings is 3. The molecule has 0 fully saturated rings. The highest BCUT2D eigenvalue weighted by Crippen LogP contribution is 2.24. The topological polar surface area (TPSA) is 60.2 Å². The van der Waals surface area contributed by atoms with Crippen LogP contribution in [0.25, 0.3) is 12.2 Å². The van der Waals surface area contributed by atoms with E-state index in [0.29, 0.717) is 5.56 Å². The van der Waals surface area contributed by atoms with Gasteiger partial charge in [-0.1, -0.05) is 54.6 Å². The molecular weight excluding hydrogens is 385 g/mol. The maximum atomic E-state index is 12.9. The van der Waals surface area contributed by atoms with Gasteiger partial charge in [0.05, 0.1) is 9.79 Å². The highest BCUT2D eigenvalue weighted by atomic mass is 35.5. The van der Waals surface area contributed by atoms with Crippen molar-refractivity contribution >= 4 is 34.4 Å². The van der Waals surface area contributed by atoms with Gasteiger partial charge in [0, 0.05) is 6.54 Å². The lowest BCUT2D eigenvalue weighted by atomic mass is 10.1. The Morgan fingerprint density at radius 3 is 1.89 bits per heavy atom. The summed E-state index contributed by atoms with van der Waals surface area (Å²) in [5, 5.41) is 0. The quantitative estimate of drug-likeness (QED) is 0.627. The fourth-order valence-electron chi connectivity index (χ4n) is 2.59. The van der Waals surface area contributed by atoms with E-state index >= 15 is 0 Å². The molecule has 0 unspecified atom stereocenters. The summed E-state index contributed by atoms with van der Waals surface area (Å²) in [4.78, 5) is 0.453. The first-order valence-electron chi connectivity index (χ1n) is 8.07. The number of hydrogen-bond donors (Lipinski definition) is 1. The maximum Gasteiger partial charge on any atom is 0.206 e. The Kier molecular flexibility index (Phi) is 6.91. The highest BCUT2D eigenvalue weighted by molar-refractivity contribution is 7.91. The number of sulfone groups is 1. The second-order valence-electron chi connectivity index (χ2n) is 5.77. The predicted octanol–water partition coefficient (Wildman–Crippen LogP) is 4.71. The average Bonchev–Trinajstić information content (AvgIpc) is 2.68.